The van der Waals surface area contributed by atoms with Crippen LogP contribution in [0.2, 0.25) is 0 Å². The van der Waals surface area contributed by atoms with Crippen molar-refractivity contribution >= 4 is 62.3 Å². The summed E-state index contributed by atoms with van der Waals surface area (Å²) in [7, 11) is 0. The fourth-order valence-electron chi connectivity index (χ4n) is 7.55. The zero-order chi connectivity index (χ0) is 36.6. The van der Waals surface area contributed by atoms with Crippen molar-refractivity contribution in [2.24, 2.45) is 0 Å². The van der Waals surface area contributed by atoms with E-state index in [-0.39, 0.29) is 0 Å². The molecule has 0 amide bonds. The van der Waals surface area contributed by atoms with E-state index in [0.717, 1.165) is 117 Å². The van der Waals surface area contributed by atoms with Crippen LogP contribution in [0.15, 0.2) is 191 Å². The minimum atomic E-state index is 0.781. The number of hydrogen-bond acceptors (Lipinski definition) is 2. The maximum Gasteiger partial charge on any atom is 0.136 e. The molecule has 0 N–H and O–H groups in total. The number of para-hydroxylation sites is 2. The SMILES string of the molecule is C=C(/C=c1/ccccc1=C)C1=c2cccc/c2=C(c2ccc(C(=C)c3cc4c(cc3-c3cc5ccccc5o3)oc3ccccc34)cc2)/C=C/CCC=C1. The molecular weight excluding hydrogens is 657 g/mol. The van der Waals surface area contributed by atoms with Crippen molar-refractivity contribution in [1.29, 1.82) is 0 Å². The molecule has 0 spiro atoms. The van der Waals surface area contributed by atoms with Crippen LogP contribution in [-0.4, -0.2) is 0 Å². The van der Waals surface area contributed by atoms with E-state index in [4.69, 9.17) is 8.83 Å². The van der Waals surface area contributed by atoms with Gasteiger partial charge in [0, 0.05) is 21.7 Å². The first-order valence-electron chi connectivity index (χ1n) is 18.4. The topological polar surface area (TPSA) is 26.3 Å². The number of allylic oxidation sites excluding steroid dienone is 5. The van der Waals surface area contributed by atoms with E-state index in [1.807, 2.05) is 54.6 Å². The Morgan fingerprint density at radius 3 is 2.11 bits per heavy atom. The lowest BCUT2D eigenvalue weighted by molar-refractivity contribution is 0.630. The summed E-state index contributed by atoms with van der Waals surface area (Å²) in [6.07, 6.45) is 13.1. The maximum atomic E-state index is 6.43. The molecule has 54 heavy (non-hydrogen) atoms. The van der Waals surface area contributed by atoms with Crippen molar-refractivity contribution in [2.75, 3.05) is 0 Å². The molecule has 1 aliphatic carbocycles. The van der Waals surface area contributed by atoms with Gasteiger partial charge in [-0.1, -0.05) is 153 Å². The lowest BCUT2D eigenvalue weighted by Crippen LogP contribution is -2.29. The molecule has 2 aromatic heterocycles. The minimum Gasteiger partial charge on any atom is -0.456 e. The van der Waals surface area contributed by atoms with Gasteiger partial charge < -0.3 is 8.83 Å². The van der Waals surface area contributed by atoms with Crippen molar-refractivity contribution in [3.63, 3.8) is 0 Å². The fraction of sp³-hybridized carbons (Fsp3) is 0.0385. The summed E-state index contributed by atoms with van der Waals surface area (Å²) in [5.74, 6) is 0.781. The van der Waals surface area contributed by atoms with E-state index in [1.165, 1.54) is 0 Å². The zero-order valence-electron chi connectivity index (χ0n) is 30.0. The van der Waals surface area contributed by atoms with Crippen molar-refractivity contribution in [1.82, 2.24) is 0 Å². The van der Waals surface area contributed by atoms with Gasteiger partial charge in [0.05, 0.1) is 0 Å². The van der Waals surface area contributed by atoms with Gasteiger partial charge in [0.2, 0.25) is 0 Å². The predicted molar refractivity (Wildman–Crippen MR) is 227 cm³/mol. The Labute approximate surface area is 314 Å². The van der Waals surface area contributed by atoms with Crippen LogP contribution in [0.1, 0.15) is 29.5 Å². The monoisotopic (exact) mass is 694 g/mol. The minimum absolute atomic E-state index is 0.781. The van der Waals surface area contributed by atoms with Crippen molar-refractivity contribution in [3.8, 4) is 11.3 Å². The average Bonchev–Trinajstić information content (AvgIpc) is 3.81. The van der Waals surface area contributed by atoms with Crippen LogP contribution in [0.3, 0.4) is 0 Å². The first-order chi connectivity index (χ1) is 26.5. The molecule has 6 aromatic carbocycles. The van der Waals surface area contributed by atoms with Gasteiger partial charge in [0.15, 0.2) is 0 Å². The van der Waals surface area contributed by atoms with E-state index in [1.54, 1.807) is 0 Å². The Bertz CT molecular complexity index is 3050. The third-order valence-electron chi connectivity index (χ3n) is 10.4. The Morgan fingerprint density at radius 1 is 0.593 bits per heavy atom. The standard InChI is InChI=1S/C52H38O2/c1-34-16-8-9-17-39(34)30-35(2)41-19-6-4-5-7-20-42(44-22-12-11-21-43(41)44)38-28-26-37(27-29-38)36(3)46-32-47-45-23-13-15-25-50(45)54-52(47)33-48(46)51-31-40-18-10-14-24-49(40)53-51/h6-33H,1-5H2/b19-6?,20-7+,39-30-,43-41?,44-42+. The van der Waals surface area contributed by atoms with E-state index in [9.17, 15) is 0 Å². The van der Waals surface area contributed by atoms with Crippen LogP contribution in [0.25, 0.3) is 73.6 Å². The molecule has 0 radical (unpaired) electrons. The second-order valence-corrected chi connectivity index (χ2v) is 13.8. The molecule has 2 heteroatoms. The predicted octanol–water partition coefficient (Wildman–Crippen LogP) is 10.8. The third-order valence-corrected chi connectivity index (χ3v) is 10.4. The Morgan fingerprint density at radius 2 is 1.30 bits per heavy atom. The molecule has 0 bridgehead atoms. The van der Waals surface area contributed by atoms with Gasteiger partial charge in [0.25, 0.3) is 0 Å². The Kier molecular flexibility index (Phi) is 8.49. The molecule has 2 nitrogen and oxygen atoms in total. The van der Waals surface area contributed by atoms with Crippen LogP contribution in [0.5, 0.6) is 0 Å². The van der Waals surface area contributed by atoms with E-state index < -0.39 is 0 Å². The molecule has 0 unspecified atom stereocenters. The Balaban J connectivity index is 1.18. The van der Waals surface area contributed by atoms with E-state index in [2.05, 4.69) is 135 Å². The van der Waals surface area contributed by atoms with E-state index >= 15 is 0 Å². The van der Waals surface area contributed by atoms with Gasteiger partial charge in [-0.25, -0.2) is 0 Å². The number of hydrogen-bond donors (Lipinski definition) is 0. The molecule has 0 saturated heterocycles. The molecule has 258 valence electrons. The van der Waals surface area contributed by atoms with E-state index in [0.29, 0.717) is 0 Å². The van der Waals surface area contributed by atoms with Gasteiger partial charge >= 0.3 is 0 Å². The molecule has 1 aliphatic rings. The first kappa shape index (κ1) is 33.0. The van der Waals surface area contributed by atoms with Crippen LogP contribution in [0.4, 0.5) is 0 Å². The smallest absolute Gasteiger partial charge is 0.136 e. The number of benzene rings is 6. The highest BCUT2D eigenvalue weighted by atomic mass is 16.3. The van der Waals surface area contributed by atoms with Crippen LogP contribution < -0.4 is 20.9 Å². The normalized spacial score (nSPS) is 15.1. The van der Waals surface area contributed by atoms with Gasteiger partial charge in [-0.05, 0) is 109 Å². The summed E-state index contributed by atoms with van der Waals surface area (Å²) in [6, 6.07) is 48.3. The van der Waals surface area contributed by atoms with Crippen molar-refractivity contribution in [3.05, 3.63) is 220 Å². The lowest BCUT2D eigenvalue weighted by Gasteiger charge is -2.13. The van der Waals surface area contributed by atoms with Gasteiger partial charge in [-0.3, -0.25) is 0 Å². The summed E-state index contributed by atoms with van der Waals surface area (Å²) >= 11 is 0. The molecule has 2 heterocycles. The van der Waals surface area contributed by atoms with Gasteiger partial charge in [-0.15, -0.1) is 0 Å². The summed E-state index contributed by atoms with van der Waals surface area (Å²) in [4.78, 5) is 0. The van der Waals surface area contributed by atoms with Crippen molar-refractivity contribution < 1.29 is 8.83 Å². The zero-order valence-corrected chi connectivity index (χ0v) is 30.0. The summed E-state index contributed by atoms with van der Waals surface area (Å²) < 4.78 is 12.8. The molecule has 9 rings (SSSR count). The first-order valence-corrected chi connectivity index (χ1v) is 18.4. The average molecular weight is 695 g/mol. The largest absolute Gasteiger partial charge is 0.456 e. The second kappa shape index (κ2) is 13.9. The highest BCUT2D eigenvalue weighted by molar-refractivity contribution is 6.08. The summed E-state index contributed by atoms with van der Waals surface area (Å²) in [6.45, 7) is 13.5. The quantitative estimate of drug-likeness (QED) is 0.173. The van der Waals surface area contributed by atoms with Gasteiger partial charge in [-0.2, -0.15) is 0 Å². The lowest BCUT2D eigenvalue weighted by atomic mass is 9.90. The summed E-state index contributed by atoms with van der Waals surface area (Å²) in [5, 5.41) is 7.53. The molecule has 0 atom stereocenters. The maximum absolute atomic E-state index is 6.43. The summed E-state index contributed by atoms with van der Waals surface area (Å²) in [5.41, 5.74) is 10.8. The van der Waals surface area contributed by atoms with Crippen LogP contribution in [-0.2, 0) is 0 Å². The number of rotatable bonds is 6. The molecule has 0 aliphatic heterocycles. The molecule has 0 fully saturated rings. The highest BCUT2D eigenvalue weighted by Gasteiger charge is 2.19. The fourth-order valence-corrected chi connectivity index (χ4v) is 7.55. The number of furan rings is 2. The third kappa shape index (κ3) is 6.08. The van der Waals surface area contributed by atoms with Crippen LogP contribution in [0, 0.1) is 0 Å². The van der Waals surface area contributed by atoms with Crippen LogP contribution >= 0.6 is 0 Å². The van der Waals surface area contributed by atoms with Crippen molar-refractivity contribution in [2.45, 2.75) is 12.8 Å². The second-order valence-electron chi connectivity index (χ2n) is 13.8. The molecule has 0 saturated carbocycles. The Hall–Kier alpha value is -6.90. The number of fused-ring (bicyclic) bond motifs is 5. The highest BCUT2D eigenvalue weighted by Crippen LogP contribution is 2.40. The molecular formula is C52H38O2. The molecule has 8 aromatic rings. The van der Waals surface area contributed by atoms with Gasteiger partial charge in [0.1, 0.15) is 22.5 Å².